The summed E-state index contributed by atoms with van der Waals surface area (Å²) in [5, 5.41) is 11.5. The molecular weight excluding hydrogens is 202 g/mol. The summed E-state index contributed by atoms with van der Waals surface area (Å²) < 4.78 is 0. The Labute approximate surface area is 86.5 Å². The molecule has 0 radical (unpaired) electrons. The van der Waals surface area contributed by atoms with Crippen LogP contribution in [0.1, 0.15) is 6.92 Å². The molecule has 1 aromatic heterocycles. The van der Waals surface area contributed by atoms with Gasteiger partial charge in [0.2, 0.25) is 5.91 Å². The number of halogens is 1. The number of nitriles is 1. The molecule has 1 unspecified atom stereocenters. The van der Waals surface area contributed by atoms with Crippen LogP contribution in [0.4, 0.5) is 5.82 Å². The van der Waals surface area contributed by atoms with Gasteiger partial charge in [0, 0.05) is 6.20 Å². The van der Waals surface area contributed by atoms with Crippen molar-refractivity contribution in [3.05, 3.63) is 23.4 Å². The van der Waals surface area contributed by atoms with Gasteiger partial charge in [-0.25, -0.2) is 4.98 Å². The Kier molecular flexibility index (Phi) is 3.43. The van der Waals surface area contributed by atoms with Crippen LogP contribution >= 0.6 is 11.6 Å². The average Bonchev–Trinajstić information content (AvgIpc) is 2.20. The van der Waals surface area contributed by atoms with Crippen molar-refractivity contribution in [1.82, 2.24) is 4.98 Å². The maximum Gasteiger partial charge on any atom is 0.242 e. The molecule has 1 N–H and O–H groups in total. The number of hydrogen-bond donors (Lipinski definition) is 1. The van der Waals surface area contributed by atoms with Gasteiger partial charge in [0.05, 0.1) is 11.1 Å². The van der Waals surface area contributed by atoms with Crippen LogP contribution in [0.5, 0.6) is 0 Å². The molecule has 1 amide bonds. The van der Waals surface area contributed by atoms with Crippen molar-refractivity contribution in [3.63, 3.8) is 0 Å². The van der Waals surface area contributed by atoms with Crippen LogP contribution in [0.2, 0.25) is 5.02 Å². The minimum Gasteiger partial charge on any atom is -0.310 e. The van der Waals surface area contributed by atoms with Gasteiger partial charge in [0.1, 0.15) is 11.7 Å². The predicted octanol–water partition coefficient (Wildman–Crippen LogP) is 1.83. The van der Waals surface area contributed by atoms with Crippen LogP contribution in [0.15, 0.2) is 18.3 Å². The Morgan fingerprint density at radius 2 is 2.43 bits per heavy atom. The standard InChI is InChI=1S/C9H8ClN3O/c1-6(4-11)9(14)13-8-3-2-7(10)5-12-8/h2-3,5-6H,1H3,(H,12,13,14). The number of amides is 1. The van der Waals surface area contributed by atoms with Gasteiger partial charge in [0.15, 0.2) is 0 Å². The van der Waals surface area contributed by atoms with Crippen LogP contribution in [0.25, 0.3) is 0 Å². The van der Waals surface area contributed by atoms with Crippen LogP contribution in [0, 0.1) is 17.2 Å². The number of carbonyl (C=O) groups is 1. The number of anilines is 1. The molecule has 4 nitrogen and oxygen atoms in total. The molecule has 0 aliphatic carbocycles. The molecule has 0 saturated carbocycles. The molecule has 0 spiro atoms. The Morgan fingerprint density at radius 1 is 1.71 bits per heavy atom. The largest absolute Gasteiger partial charge is 0.310 e. The summed E-state index contributed by atoms with van der Waals surface area (Å²) in [4.78, 5) is 15.1. The highest BCUT2D eigenvalue weighted by atomic mass is 35.5. The molecule has 14 heavy (non-hydrogen) atoms. The van der Waals surface area contributed by atoms with Crippen molar-refractivity contribution in [2.45, 2.75) is 6.92 Å². The zero-order chi connectivity index (χ0) is 10.6. The quantitative estimate of drug-likeness (QED) is 0.808. The fourth-order valence-electron chi connectivity index (χ4n) is 0.743. The molecular formula is C9H8ClN3O. The van der Waals surface area contributed by atoms with Crippen molar-refractivity contribution in [2.75, 3.05) is 5.32 Å². The second-order valence-electron chi connectivity index (χ2n) is 2.70. The second-order valence-corrected chi connectivity index (χ2v) is 3.14. The van der Waals surface area contributed by atoms with E-state index < -0.39 is 5.92 Å². The molecule has 0 fully saturated rings. The monoisotopic (exact) mass is 209 g/mol. The van der Waals surface area contributed by atoms with E-state index in [4.69, 9.17) is 16.9 Å². The second kappa shape index (κ2) is 4.58. The number of rotatable bonds is 2. The van der Waals surface area contributed by atoms with Crippen molar-refractivity contribution in [3.8, 4) is 6.07 Å². The molecule has 1 rings (SSSR count). The van der Waals surface area contributed by atoms with E-state index in [0.717, 1.165) is 0 Å². The molecule has 0 bridgehead atoms. The third kappa shape index (κ3) is 2.71. The van der Waals surface area contributed by atoms with E-state index in [2.05, 4.69) is 10.3 Å². The van der Waals surface area contributed by atoms with E-state index in [1.807, 2.05) is 6.07 Å². The summed E-state index contributed by atoms with van der Waals surface area (Å²) >= 11 is 5.61. The van der Waals surface area contributed by atoms with Crippen LogP contribution in [-0.4, -0.2) is 10.9 Å². The molecule has 1 heterocycles. The summed E-state index contributed by atoms with van der Waals surface area (Å²) in [5.41, 5.74) is 0. The van der Waals surface area contributed by atoms with Crippen molar-refractivity contribution in [1.29, 1.82) is 5.26 Å². The minimum atomic E-state index is -0.688. The molecule has 0 saturated heterocycles. The lowest BCUT2D eigenvalue weighted by Crippen LogP contribution is -2.19. The summed E-state index contributed by atoms with van der Waals surface area (Å²) in [7, 11) is 0. The maximum absolute atomic E-state index is 11.2. The van der Waals surface area contributed by atoms with E-state index >= 15 is 0 Å². The third-order valence-electron chi connectivity index (χ3n) is 1.57. The lowest BCUT2D eigenvalue weighted by molar-refractivity contribution is -0.117. The smallest absolute Gasteiger partial charge is 0.242 e. The number of carbonyl (C=O) groups excluding carboxylic acids is 1. The average molecular weight is 210 g/mol. The molecule has 0 aliphatic heterocycles. The van der Waals surface area contributed by atoms with Gasteiger partial charge in [-0.05, 0) is 19.1 Å². The third-order valence-corrected chi connectivity index (χ3v) is 1.79. The summed E-state index contributed by atoms with van der Waals surface area (Å²) in [6, 6.07) is 5.02. The van der Waals surface area contributed by atoms with Crippen molar-refractivity contribution < 1.29 is 4.79 Å². The normalized spacial score (nSPS) is 11.5. The lowest BCUT2D eigenvalue weighted by atomic mass is 10.2. The number of pyridine rings is 1. The van der Waals surface area contributed by atoms with E-state index in [0.29, 0.717) is 10.8 Å². The summed E-state index contributed by atoms with van der Waals surface area (Å²) in [6.07, 6.45) is 1.42. The first-order valence-electron chi connectivity index (χ1n) is 3.95. The molecule has 0 aliphatic rings. The van der Waals surface area contributed by atoms with Gasteiger partial charge in [0.25, 0.3) is 0 Å². The molecule has 5 heteroatoms. The molecule has 1 aromatic rings. The predicted molar refractivity (Wildman–Crippen MR) is 52.7 cm³/mol. The van der Waals surface area contributed by atoms with E-state index in [1.165, 1.54) is 13.1 Å². The van der Waals surface area contributed by atoms with E-state index in [1.54, 1.807) is 12.1 Å². The van der Waals surface area contributed by atoms with Crippen molar-refractivity contribution >= 4 is 23.3 Å². The zero-order valence-corrected chi connectivity index (χ0v) is 8.25. The lowest BCUT2D eigenvalue weighted by Gasteiger charge is -2.04. The number of nitrogens with one attached hydrogen (secondary N) is 1. The fraction of sp³-hybridized carbons (Fsp3) is 0.222. The van der Waals surface area contributed by atoms with Crippen LogP contribution in [-0.2, 0) is 4.79 Å². The van der Waals surface area contributed by atoms with Gasteiger partial charge < -0.3 is 5.32 Å². The Balaban J connectivity index is 2.66. The molecule has 72 valence electrons. The van der Waals surface area contributed by atoms with Gasteiger partial charge in [-0.2, -0.15) is 5.26 Å². The highest BCUT2D eigenvalue weighted by Gasteiger charge is 2.11. The number of hydrogen-bond acceptors (Lipinski definition) is 3. The Hall–Kier alpha value is -1.60. The summed E-state index contributed by atoms with van der Waals surface area (Å²) in [5.74, 6) is -0.670. The topological polar surface area (TPSA) is 65.8 Å². The van der Waals surface area contributed by atoms with Gasteiger partial charge in [-0.1, -0.05) is 11.6 Å². The Bertz CT molecular complexity index is 369. The van der Waals surface area contributed by atoms with E-state index in [-0.39, 0.29) is 5.91 Å². The first-order chi connectivity index (χ1) is 6.63. The van der Waals surface area contributed by atoms with Gasteiger partial charge in [-0.3, -0.25) is 4.79 Å². The molecule has 0 aromatic carbocycles. The van der Waals surface area contributed by atoms with E-state index in [9.17, 15) is 4.79 Å². The zero-order valence-electron chi connectivity index (χ0n) is 7.49. The Morgan fingerprint density at radius 3 is 2.93 bits per heavy atom. The van der Waals surface area contributed by atoms with Gasteiger partial charge >= 0.3 is 0 Å². The van der Waals surface area contributed by atoms with Crippen molar-refractivity contribution in [2.24, 2.45) is 5.92 Å². The first-order valence-corrected chi connectivity index (χ1v) is 4.33. The number of aromatic nitrogens is 1. The number of nitrogens with zero attached hydrogens (tertiary/aromatic N) is 2. The maximum atomic E-state index is 11.2. The SMILES string of the molecule is CC(C#N)C(=O)Nc1ccc(Cl)cn1. The highest BCUT2D eigenvalue weighted by Crippen LogP contribution is 2.10. The minimum absolute atomic E-state index is 0.373. The molecule has 1 atom stereocenters. The summed E-state index contributed by atoms with van der Waals surface area (Å²) in [6.45, 7) is 1.52. The highest BCUT2D eigenvalue weighted by molar-refractivity contribution is 6.30. The van der Waals surface area contributed by atoms with Crippen LogP contribution in [0.3, 0.4) is 0 Å². The van der Waals surface area contributed by atoms with Gasteiger partial charge in [-0.15, -0.1) is 0 Å². The fourth-order valence-corrected chi connectivity index (χ4v) is 0.855. The van der Waals surface area contributed by atoms with Crippen LogP contribution < -0.4 is 5.32 Å². The first kappa shape index (κ1) is 10.5.